The van der Waals surface area contributed by atoms with Crippen LogP contribution in [-0.2, 0) is 0 Å². The van der Waals surface area contributed by atoms with Gasteiger partial charge in [0.05, 0.1) is 5.69 Å². The lowest BCUT2D eigenvalue weighted by molar-refractivity contribution is 0.308. The zero-order chi connectivity index (χ0) is 13.4. The normalized spacial score (nSPS) is 11.2. The second kappa shape index (κ2) is 8.06. The van der Waals surface area contributed by atoms with Gasteiger partial charge in [0, 0.05) is 13.1 Å². The van der Waals surface area contributed by atoms with Crippen LogP contribution in [0.3, 0.4) is 0 Å². The number of hydrogen-bond acceptors (Lipinski definition) is 3. The van der Waals surface area contributed by atoms with Crippen LogP contribution in [0.4, 0.5) is 10.1 Å². The summed E-state index contributed by atoms with van der Waals surface area (Å²) in [6.45, 7) is 3.85. The number of nitrogens with one attached hydrogen (secondary N) is 1. The molecule has 0 aromatic heterocycles. The van der Waals surface area contributed by atoms with E-state index in [2.05, 4.69) is 36.3 Å². The Hall–Kier alpha value is -1.13. The van der Waals surface area contributed by atoms with E-state index in [-0.39, 0.29) is 5.82 Å². The van der Waals surface area contributed by atoms with Crippen molar-refractivity contribution < 1.29 is 4.39 Å². The quantitative estimate of drug-likeness (QED) is 0.765. The van der Waals surface area contributed by atoms with Crippen LogP contribution in [0.25, 0.3) is 0 Å². The van der Waals surface area contributed by atoms with Gasteiger partial charge in [-0.15, -0.1) is 0 Å². The molecule has 0 spiro atoms. The van der Waals surface area contributed by atoms with Crippen LogP contribution in [0, 0.1) is 5.82 Å². The third kappa shape index (κ3) is 5.98. The number of likely N-dealkylation sites (N-methyl/N-ethyl adjacent to an activating group) is 1. The summed E-state index contributed by atoms with van der Waals surface area (Å²) in [4.78, 5) is 4.45. The lowest BCUT2D eigenvalue weighted by atomic mass is 10.3. The highest BCUT2D eigenvalue weighted by atomic mass is 19.1. The zero-order valence-electron chi connectivity index (χ0n) is 11.6. The van der Waals surface area contributed by atoms with Crippen molar-refractivity contribution in [3.63, 3.8) is 0 Å². The fourth-order valence-electron chi connectivity index (χ4n) is 1.75. The first-order valence-electron chi connectivity index (χ1n) is 6.41. The maximum atomic E-state index is 13.3. The van der Waals surface area contributed by atoms with Gasteiger partial charge < -0.3 is 15.1 Å². The van der Waals surface area contributed by atoms with Gasteiger partial charge in [-0.05, 0) is 52.8 Å². The Labute approximate surface area is 110 Å². The summed E-state index contributed by atoms with van der Waals surface area (Å²) >= 11 is 0. The highest BCUT2D eigenvalue weighted by molar-refractivity contribution is 5.44. The number of para-hydroxylation sites is 1. The molecule has 0 bridgehead atoms. The Kier molecular flexibility index (Phi) is 6.68. The molecule has 1 aromatic rings. The van der Waals surface area contributed by atoms with Crippen molar-refractivity contribution in [3.05, 3.63) is 30.1 Å². The molecule has 1 rings (SSSR count). The van der Waals surface area contributed by atoms with Crippen LogP contribution in [0.15, 0.2) is 24.3 Å². The molecule has 0 radical (unpaired) electrons. The molecule has 102 valence electrons. The molecule has 0 aliphatic heterocycles. The molecule has 0 saturated carbocycles. The monoisotopic (exact) mass is 253 g/mol. The largest absolute Gasteiger partial charge is 0.381 e. The fourth-order valence-corrected chi connectivity index (χ4v) is 1.75. The molecular formula is C14H24FN3. The summed E-state index contributed by atoms with van der Waals surface area (Å²) in [6, 6.07) is 6.78. The van der Waals surface area contributed by atoms with Crippen molar-refractivity contribution in [2.24, 2.45) is 0 Å². The van der Waals surface area contributed by atoms with Crippen molar-refractivity contribution in [2.75, 3.05) is 52.6 Å². The third-order valence-corrected chi connectivity index (χ3v) is 2.83. The number of nitrogens with zero attached hydrogens (tertiary/aromatic N) is 2. The van der Waals surface area contributed by atoms with Gasteiger partial charge in [0.25, 0.3) is 0 Å². The lowest BCUT2D eigenvalue weighted by Crippen LogP contribution is -2.28. The fraction of sp³-hybridized carbons (Fsp3) is 0.571. The number of hydrogen-bond donors (Lipinski definition) is 1. The van der Waals surface area contributed by atoms with Gasteiger partial charge in [0.2, 0.25) is 0 Å². The van der Waals surface area contributed by atoms with Crippen LogP contribution < -0.4 is 5.32 Å². The van der Waals surface area contributed by atoms with Crippen LogP contribution >= 0.6 is 0 Å². The molecular weight excluding hydrogens is 229 g/mol. The summed E-state index contributed by atoms with van der Waals surface area (Å²) in [5, 5.41) is 3.12. The average Bonchev–Trinajstić information content (AvgIpc) is 2.31. The molecule has 18 heavy (non-hydrogen) atoms. The van der Waals surface area contributed by atoms with Gasteiger partial charge in [-0.2, -0.15) is 0 Å². The smallest absolute Gasteiger partial charge is 0.146 e. The first-order valence-corrected chi connectivity index (χ1v) is 6.41. The lowest BCUT2D eigenvalue weighted by Gasteiger charge is -2.18. The first kappa shape index (κ1) is 14.9. The van der Waals surface area contributed by atoms with Gasteiger partial charge in [-0.1, -0.05) is 12.1 Å². The Morgan fingerprint density at radius 1 is 1.06 bits per heavy atom. The van der Waals surface area contributed by atoms with Crippen LogP contribution in [0.5, 0.6) is 0 Å². The predicted molar refractivity (Wildman–Crippen MR) is 75.6 cm³/mol. The summed E-state index contributed by atoms with van der Waals surface area (Å²) in [5.74, 6) is -0.187. The van der Waals surface area contributed by atoms with Gasteiger partial charge in [0.15, 0.2) is 0 Å². The minimum atomic E-state index is -0.187. The van der Waals surface area contributed by atoms with Crippen LogP contribution in [-0.4, -0.2) is 57.1 Å². The second-order valence-electron chi connectivity index (χ2n) is 4.87. The Bertz CT molecular complexity index is 342. The van der Waals surface area contributed by atoms with Gasteiger partial charge in [-0.3, -0.25) is 0 Å². The van der Waals surface area contributed by atoms with Crippen molar-refractivity contribution in [3.8, 4) is 0 Å². The van der Waals surface area contributed by atoms with Gasteiger partial charge in [0.1, 0.15) is 5.82 Å². The Morgan fingerprint density at radius 3 is 2.44 bits per heavy atom. The van der Waals surface area contributed by atoms with E-state index in [0.717, 1.165) is 32.6 Å². The summed E-state index contributed by atoms with van der Waals surface area (Å²) < 4.78 is 13.3. The van der Waals surface area contributed by atoms with Crippen molar-refractivity contribution in [1.82, 2.24) is 9.80 Å². The van der Waals surface area contributed by atoms with E-state index in [9.17, 15) is 4.39 Å². The minimum absolute atomic E-state index is 0.187. The van der Waals surface area contributed by atoms with E-state index in [4.69, 9.17) is 0 Å². The number of rotatable bonds is 8. The molecule has 0 unspecified atom stereocenters. The summed E-state index contributed by atoms with van der Waals surface area (Å²) in [7, 11) is 6.26. The molecule has 1 N–H and O–H groups in total. The standard InChI is InChI=1S/C14H24FN3/c1-17(2)10-6-11-18(3)12-9-16-14-8-5-4-7-13(14)15/h4-5,7-8,16H,6,9-12H2,1-3H3. The van der Waals surface area contributed by atoms with Crippen LogP contribution in [0.1, 0.15) is 6.42 Å². The number of benzene rings is 1. The Morgan fingerprint density at radius 2 is 1.78 bits per heavy atom. The van der Waals surface area contributed by atoms with Gasteiger partial charge in [-0.25, -0.2) is 4.39 Å². The maximum absolute atomic E-state index is 13.3. The van der Waals surface area contributed by atoms with Gasteiger partial charge >= 0.3 is 0 Å². The minimum Gasteiger partial charge on any atom is -0.381 e. The number of halogens is 1. The molecule has 0 aliphatic rings. The average molecular weight is 253 g/mol. The topological polar surface area (TPSA) is 18.5 Å². The van der Waals surface area contributed by atoms with Crippen molar-refractivity contribution in [1.29, 1.82) is 0 Å². The SMILES string of the molecule is CN(C)CCCN(C)CCNc1ccccc1F. The van der Waals surface area contributed by atoms with E-state index in [0.29, 0.717) is 5.69 Å². The molecule has 0 amide bonds. The maximum Gasteiger partial charge on any atom is 0.146 e. The molecule has 1 aromatic carbocycles. The molecule has 3 nitrogen and oxygen atoms in total. The third-order valence-electron chi connectivity index (χ3n) is 2.83. The number of anilines is 1. The summed E-state index contributed by atoms with van der Waals surface area (Å²) in [5.41, 5.74) is 0.583. The molecule has 0 aliphatic carbocycles. The van der Waals surface area contributed by atoms with Crippen molar-refractivity contribution in [2.45, 2.75) is 6.42 Å². The van der Waals surface area contributed by atoms with Crippen LogP contribution in [0.2, 0.25) is 0 Å². The molecule has 0 atom stereocenters. The van der Waals surface area contributed by atoms with Crippen molar-refractivity contribution >= 4 is 5.69 Å². The van der Waals surface area contributed by atoms with E-state index in [1.54, 1.807) is 12.1 Å². The molecule has 0 heterocycles. The first-order chi connectivity index (χ1) is 8.59. The van der Waals surface area contributed by atoms with E-state index >= 15 is 0 Å². The summed E-state index contributed by atoms with van der Waals surface area (Å²) in [6.07, 6.45) is 1.16. The zero-order valence-corrected chi connectivity index (χ0v) is 11.6. The van der Waals surface area contributed by atoms with E-state index in [1.807, 2.05) is 6.07 Å². The highest BCUT2D eigenvalue weighted by Crippen LogP contribution is 2.11. The molecule has 0 saturated heterocycles. The predicted octanol–water partition coefficient (Wildman–Crippen LogP) is 2.12. The second-order valence-corrected chi connectivity index (χ2v) is 4.87. The molecule has 0 fully saturated rings. The van der Waals surface area contributed by atoms with E-state index < -0.39 is 0 Å². The highest BCUT2D eigenvalue weighted by Gasteiger charge is 2.01. The van der Waals surface area contributed by atoms with E-state index in [1.165, 1.54) is 6.07 Å². The Balaban J connectivity index is 2.15. The molecule has 4 heteroatoms.